The number of thioether (sulfide) groups is 1. The Balaban J connectivity index is 1.47. The summed E-state index contributed by atoms with van der Waals surface area (Å²) in [6.07, 6.45) is 4.31. The number of rotatable bonds is 4. The molecule has 1 amide bonds. The molecule has 4 nitrogen and oxygen atoms in total. The number of carbonyl (C=O) groups is 1. The summed E-state index contributed by atoms with van der Waals surface area (Å²) in [5, 5.41) is 0.839. The molecule has 2 aliphatic rings. The lowest BCUT2D eigenvalue weighted by Gasteiger charge is -2.31. The maximum absolute atomic E-state index is 12.5. The van der Waals surface area contributed by atoms with Crippen LogP contribution in [0.4, 0.5) is 0 Å². The van der Waals surface area contributed by atoms with Crippen molar-refractivity contribution in [2.24, 2.45) is 10.9 Å². The van der Waals surface area contributed by atoms with E-state index < -0.39 is 0 Å². The average molecular weight is 407 g/mol. The molecule has 2 aromatic rings. The lowest BCUT2D eigenvalue weighted by molar-refractivity contribution is -0.113. The van der Waals surface area contributed by atoms with E-state index in [9.17, 15) is 4.79 Å². The first-order valence-corrected chi connectivity index (χ1v) is 10.9. The molecule has 2 aromatic carbocycles. The number of carbonyl (C=O) groups excluding carboxylic acids is 1. The van der Waals surface area contributed by atoms with Crippen molar-refractivity contribution in [1.82, 2.24) is 4.90 Å². The fraction of sp³-hybridized carbons (Fsp3) is 0.333. The van der Waals surface area contributed by atoms with Gasteiger partial charge in [0, 0.05) is 18.7 Å². The number of nitrogens with zero attached hydrogens (tertiary/aromatic N) is 2. The summed E-state index contributed by atoms with van der Waals surface area (Å²) >= 11 is 1.48. The Hall–Kier alpha value is -2.53. The third-order valence-electron chi connectivity index (χ3n) is 5.26. The number of likely N-dealkylation sites (tertiary alicyclic amines) is 1. The van der Waals surface area contributed by atoms with Crippen molar-refractivity contribution in [2.45, 2.75) is 33.3 Å². The normalized spacial score (nSPS) is 20.8. The number of benzene rings is 2. The Morgan fingerprint density at radius 3 is 2.79 bits per heavy atom. The molecule has 1 fully saturated rings. The van der Waals surface area contributed by atoms with Crippen molar-refractivity contribution in [1.29, 1.82) is 0 Å². The van der Waals surface area contributed by atoms with Gasteiger partial charge < -0.3 is 9.64 Å². The van der Waals surface area contributed by atoms with Gasteiger partial charge in [-0.2, -0.15) is 4.99 Å². The van der Waals surface area contributed by atoms with Crippen LogP contribution < -0.4 is 4.74 Å². The number of ether oxygens (including phenoxy) is 1. The highest BCUT2D eigenvalue weighted by Gasteiger charge is 2.28. The van der Waals surface area contributed by atoms with Gasteiger partial charge in [0.25, 0.3) is 5.91 Å². The second-order valence-corrected chi connectivity index (χ2v) is 8.82. The van der Waals surface area contributed by atoms with Crippen LogP contribution in [0, 0.1) is 12.8 Å². The number of amidine groups is 1. The molecule has 0 spiro atoms. The Labute approximate surface area is 176 Å². The number of aliphatic imine (C=N–C) groups is 1. The third kappa shape index (κ3) is 4.91. The Morgan fingerprint density at radius 2 is 2.00 bits per heavy atom. The van der Waals surface area contributed by atoms with Gasteiger partial charge in [-0.05, 0) is 55.2 Å². The standard InChI is InChI=1S/C24H26N2O2S/c1-17-9-11-19(12-10-17)16-28-21-8-4-3-7-20(21)14-22-23(27)25-24(29-22)26-13-5-6-18(2)15-26/h3-4,7-12,14,18H,5-6,13,15-16H2,1-2H3/b22-14-/t18-/m1/s1. The first-order chi connectivity index (χ1) is 14.1. The van der Waals surface area contributed by atoms with Crippen LogP contribution in [-0.4, -0.2) is 29.1 Å². The largest absolute Gasteiger partial charge is 0.488 e. The van der Waals surface area contributed by atoms with E-state index >= 15 is 0 Å². The summed E-state index contributed by atoms with van der Waals surface area (Å²) in [5.74, 6) is 1.26. The predicted octanol–water partition coefficient (Wildman–Crippen LogP) is 5.28. The Bertz CT molecular complexity index is 950. The zero-order valence-corrected chi connectivity index (χ0v) is 17.7. The predicted molar refractivity (Wildman–Crippen MR) is 120 cm³/mol. The lowest BCUT2D eigenvalue weighted by Crippen LogP contribution is -2.37. The van der Waals surface area contributed by atoms with Crippen LogP contribution in [0.2, 0.25) is 0 Å². The first kappa shape index (κ1) is 19.8. The molecule has 0 radical (unpaired) electrons. The van der Waals surface area contributed by atoms with E-state index in [0.717, 1.165) is 41.6 Å². The highest BCUT2D eigenvalue weighted by atomic mass is 32.2. The second kappa shape index (κ2) is 8.87. The number of para-hydroxylation sites is 1. The van der Waals surface area contributed by atoms with Crippen LogP contribution >= 0.6 is 11.8 Å². The van der Waals surface area contributed by atoms with Crippen LogP contribution in [0.25, 0.3) is 6.08 Å². The van der Waals surface area contributed by atoms with Crippen molar-refractivity contribution in [2.75, 3.05) is 13.1 Å². The topological polar surface area (TPSA) is 41.9 Å². The molecule has 0 unspecified atom stereocenters. The number of amides is 1. The molecule has 2 aliphatic heterocycles. The number of hydrogen-bond donors (Lipinski definition) is 0. The van der Waals surface area contributed by atoms with Gasteiger partial charge in [0.2, 0.25) is 0 Å². The van der Waals surface area contributed by atoms with Crippen molar-refractivity contribution >= 4 is 28.9 Å². The molecule has 0 bridgehead atoms. The van der Waals surface area contributed by atoms with Crippen molar-refractivity contribution < 1.29 is 9.53 Å². The van der Waals surface area contributed by atoms with Crippen LogP contribution in [0.1, 0.15) is 36.5 Å². The van der Waals surface area contributed by atoms with Crippen molar-refractivity contribution in [3.8, 4) is 5.75 Å². The van der Waals surface area contributed by atoms with Crippen molar-refractivity contribution in [3.05, 3.63) is 70.1 Å². The van der Waals surface area contributed by atoms with Gasteiger partial charge in [0.1, 0.15) is 12.4 Å². The Morgan fingerprint density at radius 1 is 1.21 bits per heavy atom. The molecular weight excluding hydrogens is 380 g/mol. The molecule has 5 heteroatoms. The summed E-state index contributed by atoms with van der Waals surface area (Å²) in [6.45, 7) is 6.78. The van der Waals surface area contributed by atoms with Gasteiger partial charge in [0.05, 0.1) is 4.91 Å². The van der Waals surface area contributed by atoms with E-state index in [4.69, 9.17) is 4.74 Å². The molecule has 0 aromatic heterocycles. The van der Waals surface area contributed by atoms with Crippen LogP contribution in [0.5, 0.6) is 5.75 Å². The molecule has 0 saturated carbocycles. The molecule has 0 N–H and O–H groups in total. The number of hydrogen-bond acceptors (Lipinski definition) is 4. The van der Waals surface area contributed by atoms with Gasteiger partial charge in [0.15, 0.2) is 5.17 Å². The molecule has 2 heterocycles. The van der Waals surface area contributed by atoms with Crippen molar-refractivity contribution in [3.63, 3.8) is 0 Å². The minimum atomic E-state index is -0.156. The van der Waals surface area contributed by atoms with Gasteiger partial charge in [-0.1, -0.05) is 55.0 Å². The molecule has 4 rings (SSSR count). The fourth-order valence-corrected chi connectivity index (χ4v) is 4.55. The smallest absolute Gasteiger partial charge is 0.286 e. The molecule has 1 atom stereocenters. The van der Waals surface area contributed by atoms with E-state index in [1.807, 2.05) is 30.3 Å². The maximum Gasteiger partial charge on any atom is 0.286 e. The summed E-state index contributed by atoms with van der Waals surface area (Å²) < 4.78 is 6.05. The monoisotopic (exact) mass is 406 g/mol. The molecule has 1 saturated heterocycles. The Kier molecular flexibility index (Phi) is 6.05. The van der Waals surface area contributed by atoms with E-state index in [0.29, 0.717) is 17.4 Å². The van der Waals surface area contributed by atoms with Gasteiger partial charge >= 0.3 is 0 Å². The van der Waals surface area contributed by atoms with Crippen LogP contribution in [-0.2, 0) is 11.4 Å². The molecule has 29 heavy (non-hydrogen) atoms. The van der Waals surface area contributed by atoms with Gasteiger partial charge in [-0.3, -0.25) is 4.79 Å². The molecule has 0 aliphatic carbocycles. The maximum atomic E-state index is 12.5. The highest BCUT2D eigenvalue weighted by Crippen LogP contribution is 2.34. The van der Waals surface area contributed by atoms with Crippen LogP contribution in [0.15, 0.2) is 58.4 Å². The number of piperidine rings is 1. The third-order valence-corrected chi connectivity index (χ3v) is 6.30. The SMILES string of the molecule is Cc1ccc(COc2ccccc2/C=C2\SC(N3CCC[C@@H](C)C3)=NC2=O)cc1. The van der Waals surface area contributed by atoms with E-state index in [1.54, 1.807) is 0 Å². The minimum Gasteiger partial charge on any atom is -0.488 e. The summed E-state index contributed by atoms with van der Waals surface area (Å²) in [5.41, 5.74) is 3.25. The highest BCUT2D eigenvalue weighted by molar-refractivity contribution is 8.18. The van der Waals surface area contributed by atoms with E-state index in [-0.39, 0.29) is 5.91 Å². The zero-order valence-electron chi connectivity index (χ0n) is 16.9. The number of aryl methyl sites for hydroxylation is 1. The van der Waals surface area contributed by atoms with Gasteiger partial charge in [-0.15, -0.1) is 0 Å². The fourth-order valence-electron chi connectivity index (χ4n) is 3.61. The first-order valence-electron chi connectivity index (χ1n) is 10.1. The molecule has 150 valence electrons. The lowest BCUT2D eigenvalue weighted by atomic mass is 10.0. The van der Waals surface area contributed by atoms with E-state index in [1.165, 1.54) is 23.7 Å². The summed E-state index contributed by atoms with van der Waals surface area (Å²) in [4.78, 5) is 19.7. The van der Waals surface area contributed by atoms with Crippen LogP contribution in [0.3, 0.4) is 0 Å². The minimum absolute atomic E-state index is 0.156. The van der Waals surface area contributed by atoms with Gasteiger partial charge in [-0.25, -0.2) is 0 Å². The average Bonchev–Trinajstić information content (AvgIpc) is 3.09. The summed E-state index contributed by atoms with van der Waals surface area (Å²) in [6, 6.07) is 16.2. The zero-order chi connectivity index (χ0) is 20.2. The van der Waals surface area contributed by atoms with E-state index in [2.05, 4.69) is 48.0 Å². The summed E-state index contributed by atoms with van der Waals surface area (Å²) in [7, 11) is 0. The quantitative estimate of drug-likeness (QED) is 0.648. The molecular formula is C24H26N2O2S. The second-order valence-electron chi connectivity index (χ2n) is 7.82.